The minimum atomic E-state index is -4.54. The molecule has 1 saturated heterocycles. The summed E-state index contributed by atoms with van der Waals surface area (Å²) in [6.07, 6.45) is -4.11. The highest BCUT2D eigenvalue weighted by Gasteiger charge is 2.34. The molecule has 0 saturated carbocycles. The van der Waals surface area contributed by atoms with E-state index in [2.05, 4.69) is 24.1 Å². The first-order valence-corrected chi connectivity index (χ1v) is 10.2. The maximum Gasteiger partial charge on any atom is 0.419 e. The smallest absolute Gasteiger partial charge is 0.419 e. The Hall–Kier alpha value is -2.58. The number of nitrogens with one attached hydrogen (secondary N) is 1. The van der Waals surface area contributed by atoms with E-state index in [1.807, 2.05) is 24.3 Å². The van der Waals surface area contributed by atoms with Gasteiger partial charge in [-0.3, -0.25) is 9.69 Å². The predicted molar refractivity (Wildman–Crippen MR) is 111 cm³/mol. The fourth-order valence-corrected chi connectivity index (χ4v) is 3.66. The highest BCUT2D eigenvalue weighted by atomic mass is 19.4. The van der Waals surface area contributed by atoms with Crippen LogP contribution in [0.2, 0.25) is 0 Å². The average Bonchev–Trinajstić information content (AvgIpc) is 2.70. The Balaban J connectivity index is 1.46. The van der Waals surface area contributed by atoms with Gasteiger partial charge in [0.2, 0.25) is 0 Å². The molecule has 0 aromatic heterocycles. The second kappa shape index (κ2) is 10.2. The Morgan fingerprint density at radius 1 is 1.06 bits per heavy atom. The number of ether oxygens (including phenoxy) is 2. The van der Waals surface area contributed by atoms with Crippen molar-refractivity contribution in [2.24, 2.45) is 0 Å². The number of morpholine rings is 1. The van der Waals surface area contributed by atoms with Crippen molar-refractivity contribution in [3.63, 3.8) is 0 Å². The molecule has 0 spiro atoms. The molecule has 2 atom stereocenters. The zero-order valence-electron chi connectivity index (χ0n) is 17.6. The largest absolute Gasteiger partial charge is 0.483 e. The lowest BCUT2D eigenvalue weighted by Crippen LogP contribution is -2.44. The highest BCUT2D eigenvalue weighted by Crippen LogP contribution is 2.35. The number of alkyl halides is 3. The van der Waals surface area contributed by atoms with Crippen molar-refractivity contribution in [2.45, 2.75) is 45.3 Å². The lowest BCUT2D eigenvalue weighted by molar-refractivity contribution is -0.139. The van der Waals surface area contributed by atoms with Gasteiger partial charge in [-0.2, -0.15) is 13.2 Å². The van der Waals surface area contributed by atoms with E-state index in [0.29, 0.717) is 0 Å². The maximum absolute atomic E-state index is 13.0. The van der Waals surface area contributed by atoms with Gasteiger partial charge < -0.3 is 14.8 Å². The van der Waals surface area contributed by atoms with Crippen LogP contribution in [-0.4, -0.2) is 42.7 Å². The standard InChI is InChI=1S/C23H27F3N2O3/c1-16-12-28(13-17(2)31-16)14-19-9-7-18(8-10-19)11-27-22(29)15-30-21-6-4-3-5-20(21)23(24,25)26/h3-10,16-17H,11-15H2,1-2H3,(H,27,29). The van der Waals surface area contributed by atoms with E-state index in [1.165, 1.54) is 23.8 Å². The number of halogens is 3. The van der Waals surface area contributed by atoms with Crippen LogP contribution in [-0.2, 0) is 28.8 Å². The molecule has 0 bridgehead atoms. The summed E-state index contributed by atoms with van der Waals surface area (Å²) in [7, 11) is 0. The molecule has 3 rings (SSSR count). The lowest BCUT2D eigenvalue weighted by Gasteiger charge is -2.35. The molecular formula is C23H27F3N2O3. The molecule has 8 heteroatoms. The third-order valence-electron chi connectivity index (χ3n) is 4.97. The number of carbonyl (C=O) groups is 1. The fourth-order valence-electron chi connectivity index (χ4n) is 3.66. The number of para-hydroxylation sites is 1. The Morgan fingerprint density at radius 2 is 1.68 bits per heavy atom. The van der Waals surface area contributed by atoms with Crippen molar-refractivity contribution in [1.82, 2.24) is 10.2 Å². The Morgan fingerprint density at radius 3 is 2.32 bits per heavy atom. The topological polar surface area (TPSA) is 50.8 Å². The predicted octanol–water partition coefficient (Wildman–Crippen LogP) is 4.01. The van der Waals surface area contributed by atoms with Crippen LogP contribution < -0.4 is 10.1 Å². The summed E-state index contributed by atoms with van der Waals surface area (Å²) in [6.45, 7) is 6.53. The van der Waals surface area contributed by atoms with E-state index in [1.54, 1.807) is 0 Å². The van der Waals surface area contributed by atoms with E-state index >= 15 is 0 Å². The first-order chi connectivity index (χ1) is 14.7. The van der Waals surface area contributed by atoms with E-state index in [4.69, 9.17) is 9.47 Å². The van der Waals surface area contributed by atoms with E-state index in [-0.39, 0.29) is 24.5 Å². The Kier molecular flexibility index (Phi) is 7.56. The van der Waals surface area contributed by atoms with Crippen LogP contribution in [0.15, 0.2) is 48.5 Å². The summed E-state index contributed by atoms with van der Waals surface area (Å²) in [5.74, 6) is -0.849. The summed E-state index contributed by atoms with van der Waals surface area (Å²) in [5, 5.41) is 2.67. The number of benzene rings is 2. The molecular weight excluding hydrogens is 409 g/mol. The number of nitrogens with zero attached hydrogens (tertiary/aromatic N) is 1. The molecule has 31 heavy (non-hydrogen) atoms. The van der Waals surface area contributed by atoms with Gasteiger partial charge in [0.25, 0.3) is 5.91 Å². The molecule has 2 aromatic rings. The number of amides is 1. The summed E-state index contributed by atoms with van der Waals surface area (Å²) in [5.41, 5.74) is 1.17. The normalized spacial score (nSPS) is 19.8. The molecule has 1 N–H and O–H groups in total. The summed E-state index contributed by atoms with van der Waals surface area (Å²) >= 11 is 0. The van der Waals surface area contributed by atoms with Gasteiger partial charge in [-0.25, -0.2) is 0 Å². The minimum absolute atomic E-state index is 0.212. The van der Waals surface area contributed by atoms with Gasteiger partial charge in [-0.15, -0.1) is 0 Å². The Bertz CT molecular complexity index is 861. The van der Waals surface area contributed by atoms with Gasteiger partial charge in [-0.05, 0) is 37.1 Å². The van der Waals surface area contributed by atoms with Gasteiger partial charge >= 0.3 is 6.18 Å². The number of hydrogen-bond acceptors (Lipinski definition) is 4. The quantitative estimate of drug-likeness (QED) is 0.713. The fraction of sp³-hybridized carbons (Fsp3) is 0.435. The van der Waals surface area contributed by atoms with Crippen LogP contribution in [0.5, 0.6) is 5.75 Å². The molecule has 0 aliphatic carbocycles. The molecule has 1 amide bonds. The number of hydrogen-bond donors (Lipinski definition) is 1. The van der Waals surface area contributed by atoms with Crippen molar-refractivity contribution >= 4 is 5.91 Å². The van der Waals surface area contributed by atoms with E-state index in [9.17, 15) is 18.0 Å². The monoisotopic (exact) mass is 436 g/mol. The zero-order chi connectivity index (χ0) is 22.4. The molecule has 0 radical (unpaired) electrons. The lowest BCUT2D eigenvalue weighted by atomic mass is 10.1. The van der Waals surface area contributed by atoms with E-state index < -0.39 is 24.3 Å². The summed E-state index contributed by atoms with van der Waals surface area (Å²) < 4.78 is 49.8. The van der Waals surface area contributed by atoms with Gasteiger partial charge in [0.15, 0.2) is 6.61 Å². The second-order valence-electron chi connectivity index (χ2n) is 7.83. The molecule has 168 valence electrons. The highest BCUT2D eigenvalue weighted by molar-refractivity contribution is 5.77. The van der Waals surface area contributed by atoms with Crippen LogP contribution in [0, 0.1) is 0 Å². The SMILES string of the molecule is CC1CN(Cc2ccc(CNC(=O)COc3ccccc3C(F)(F)F)cc2)CC(C)O1. The van der Waals surface area contributed by atoms with E-state index in [0.717, 1.165) is 31.3 Å². The molecule has 2 unspecified atom stereocenters. The van der Waals surface area contributed by atoms with Crippen LogP contribution in [0.1, 0.15) is 30.5 Å². The van der Waals surface area contributed by atoms with Crippen molar-refractivity contribution in [2.75, 3.05) is 19.7 Å². The van der Waals surface area contributed by atoms with Crippen LogP contribution >= 0.6 is 0 Å². The number of carbonyl (C=O) groups excluding carboxylic acids is 1. The van der Waals surface area contributed by atoms with Crippen molar-refractivity contribution < 1.29 is 27.4 Å². The zero-order valence-corrected chi connectivity index (χ0v) is 17.6. The first-order valence-electron chi connectivity index (χ1n) is 10.2. The molecule has 1 fully saturated rings. The van der Waals surface area contributed by atoms with Gasteiger partial charge in [-0.1, -0.05) is 36.4 Å². The first kappa shape index (κ1) is 23.1. The van der Waals surface area contributed by atoms with Crippen molar-refractivity contribution in [1.29, 1.82) is 0 Å². The van der Waals surface area contributed by atoms with Crippen molar-refractivity contribution in [3.05, 3.63) is 65.2 Å². The molecule has 5 nitrogen and oxygen atoms in total. The van der Waals surface area contributed by atoms with Crippen LogP contribution in [0.25, 0.3) is 0 Å². The maximum atomic E-state index is 13.0. The van der Waals surface area contributed by atoms with Crippen LogP contribution in [0.3, 0.4) is 0 Å². The second-order valence-corrected chi connectivity index (χ2v) is 7.83. The third-order valence-corrected chi connectivity index (χ3v) is 4.97. The number of rotatable bonds is 7. The third kappa shape index (κ3) is 6.97. The van der Waals surface area contributed by atoms with Crippen LogP contribution in [0.4, 0.5) is 13.2 Å². The Labute approximate surface area is 180 Å². The molecule has 1 aliphatic heterocycles. The summed E-state index contributed by atoms with van der Waals surface area (Å²) in [6, 6.07) is 12.7. The average molecular weight is 436 g/mol. The van der Waals surface area contributed by atoms with Gasteiger partial charge in [0.1, 0.15) is 5.75 Å². The molecule has 1 heterocycles. The van der Waals surface area contributed by atoms with Gasteiger partial charge in [0.05, 0.1) is 17.8 Å². The molecule has 2 aromatic carbocycles. The summed E-state index contributed by atoms with van der Waals surface area (Å²) in [4.78, 5) is 14.4. The van der Waals surface area contributed by atoms with Crippen molar-refractivity contribution in [3.8, 4) is 5.75 Å². The minimum Gasteiger partial charge on any atom is -0.483 e. The molecule has 1 aliphatic rings. The van der Waals surface area contributed by atoms with Gasteiger partial charge in [0, 0.05) is 26.2 Å².